The van der Waals surface area contributed by atoms with Crippen LogP contribution in [0.1, 0.15) is 104 Å². The van der Waals surface area contributed by atoms with Crippen LogP contribution in [-0.4, -0.2) is 0 Å². The maximum absolute atomic E-state index is 3.28. The molecule has 0 heteroatoms. The Bertz CT molecular complexity index is 218. The van der Waals surface area contributed by atoms with E-state index < -0.39 is 0 Å². The summed E-state index contributed by atoms with van der Waals surface area (Å²) in [6.07, 6.45) is 17.5. The van der Waals surface area contributed by atoms with Crippen LogP contribution >= 0.6 is 0 Å². The van der Waals surface area contributed by atoms with E-state index in [4.69, 9.17) is 0 Å². The molecule has 0 amide bonds. The van der Waals surface area contributed by atoms with Crippen molar-refractivity contribution in [2.75, 3.05) is 0 Å². The molecule has 0 heterocycles. The topological polar surface area (TPSA) is 0 Å². The lowest BCUT2D eigenvalue weighted by atomic mass is 9.96. The van der Waals surface area contributed by atoms with Crippen molar-refractivity contribution >= 4 is 0 Å². The minimum Gasteiger partial charge on any atom is -0.103 e. The van der Waals surface area contributed by atoms with Gasteiger partial charge in [-0.15, -0.1) is 11.8 Å². The van der Waals surface area contributed by atoms with Gasteiger partial charge < -0.3 is 0 Å². The summed E-state index contributed by atoms with van der Waals surface area (Å²) in [5.74, 6) is 7.44. The van der Waals surface area contributed by atoms with Gasteiger partial charge in [0.2, 0.25) is 0 Å². The van der Waals surface area contributed by atoms with Crippen molar-refractivity contribution in [2.45, 2.75) is 104 Å². The Hall–Kier alpha value is -0.440. The van der Waals surface area contributed by atoms with Gasteiger partial charge in [-0.05, 0) is 18.8 Å². The van der Waals surface area contributed by atoms with Gasteiger partial charge in [0.1, 0.15) is 0 Å². The zero-order chi connectivity index (χ0) is 14.2. The predicted molar refractivity (Wildman–Crippen MR) is 88.3 cm³/mol. The Kier molecular flexibility index (Phi) is 15.3. The van der Waals surface area contributed by atoms with Crippen molar-refractivity contribution in [3.63, 3.8) is 0 Å². The summed E-state index contributed by atoms with van der Waals surface area (Å²) in [5.41, 5.74) is 0. The Morgan fingerprint density at radius 3 is 1.89 bits per heavy atom. The Morgan fingerprint density at radius 2 is 1.21 bits per heavy atom. The zero-order valence-corrected chi connectivity index (χ0v) is 13.8. The highest BCUT2D eigenvalue weighted by Crippen LogP contribution is 2.17. The summed E-state index contributed by atoms with van der Waals surface area (Å²) in [6, 6.07) is 0. The Labute approximate surface area is 122 Å². The van der Waals surface area contributed by atoms with Crippen LogP contribution in [0.4, 0.5) is 0 Å². The van der Waals surface area contributed by atoms with Crippen LogP contribution in [0.3, 0.4) is 0 Å². The van der Waals surface area contributed by atoms with Crippen molar-refractivity contribution in [1.82, 2.24) is 0 Å². The standard InChI is InChI=1S/C19H36/c1-4-6-8-10-12-14-16-18-19(3)17-15-13-11-9-7-5-2/h19H,4-7,9,11-18H2,1-3H3. The maximum Gasteiger partial charge on any atom is 0.00886 e. The van der Waals surface area contributed by atoms with E-state index in [1.54, 1.807) is 0 Å². The molecule has 0 rings (SSSR count). The quantitative estimate of drug-likeness (QED) is 0.270. The average Bonchev–Trinajstić information content (AvgIpc) is 2.41. The van der Waals surface area contributed by atoms with Gasteiger partial charge in [0.15, 0.2) is 0 Å². The molecule has 1 unspecified atom stereocenters. The molecule has 0 aromatic carbocycles. The lowest BCUT2D eigenvalue weighted by molar-refractivity contribution is 0.439. The molecule has 0 saturated heterocycles. The van der Waals surface area contributed by atoms with E-state index in [0.717, 1.165) is 18.8 Å². The van der Waals surface area contributed by atoms with E-state index in [1.165, 1.54) is 70.6 Å². The third-order valence-corrected chi connectivity index (χ3v) is 3.80. The molecule has 0 aliphatic heterocycles. The fourth-order valence-corrected chi connectivity index (χ4v) is 2.43. The van der Waals surface area contributed by atoms with Gasteiger partial charge in [0, 0.05) is 12.8 Å². The third-order valence-electron chi connectivity index (χ3n) is 3.80. The normalized spacial score (nSPS) is 11.9. The van der Waals surface area contributed by atoms with Crippen LogP contribution < -0.4 is 0 Å². The van der Waals surface area contributed by atoms with Gasteiger partial charge in [0.05, 0.1) is 0 Å². The molecule has 112 valence electrons. The fourth-order valence-electron chi connectivity index (χ4n) is 2.43. The first-order chi connectivity index (χ1) is 9.31. The second kappa shape index (κ2) is 15.6. The molecule has 1 atom stereocenters. The van der Waals surface area contributed by atoms with E-state index >= 15 is 0 Å². The van der Waals surface area contributed by atoms with E-state index in [9.17, 15) is 0 Å². The number of hydrogen-bond acceptors (Lipinski definition) is 0. The molecule has 0 aliphatic rings. The fraction of sp³-hybridized carbons (Fsp3) is 0.895. The second-order valence-electron chi connectivity index (χ2n) is 6.01. The molecule has 0 aromatic heterocycles. The summed E-state index contributed by atoms with van der Waals surface area (Å²) in [6.45, 7) is 6.90. The van der Waals surface area contributed by atoms with Crippen molar-refractivity contribution in [3.05, 3.63) is 0 Å². The van der Waals surface area contributed by atoms with Crippen LogP contribution in [0.2, 0.25) is 0 Å². The highest BCUT2D eigenvalue weighted by Gasteiger charge is 2.01. The van der Waals surface area contributed by atoms with Gasteiger partial charge in [-0.3, -0.25) is 0 Å². The summed E-state index contributed by atoms with van der Waals surface area (Å²) in [7, 11) is 0. The molecule has 0 N–H and O–H groups in total. The highest BCUT2D eigenvalue weighted by molar-refractivity contribution is 4.98. The second-order valence-corrected chi connectivity index (χ2v) is 6.01. The molecule has 0 aromatic rings. The van der Waals surface area contributed by atoms with E-state index in [1.807, 2.05) is 0 Å². The van der Waals surface area contributed by atoms with Crippen LogP contribution in [0, 0.1) is 17.8 Å². The van der Waals surface area contributed by atoms with E-state index in [0.29, 0.717) is 0 Å². The molecule has 0 spiro atoms. The first-order valence-electron chi connectivity index (χ1n) is 8.77. The number of hydrogen-bond donors (Lipinski definition) is 0. The smallest absolute Gasteiger partial charge is 0.00886 e. The molecule has 0 bridgehead atoms. The summed E-state index contributed by atoms with van der Waals surface area (Å²) >= 11 is 0. The lowest BCUT2D eigenvalue weighted by Crippen LogP contribution is -1.95. The van der Waals surface area contributed by atoms with Gasteiger partial charge in [-0.1, -0.05) is 78.6 Å². The van der Waals surface area contributed by atoms with Crippen LogP contribution in [0.25, 0.3) is 0 Å². The summed E-state index contributed by atoms with van der Waals surface area (Å²) < 4.78 is 0. The molecule has 0 fully saturated rings. The van der Waals surface area contributed by atoms with Crippen molar-refractivity contribution in [3.8, 4) is 11.8 Å². The Morgan fingerprint density at radius 1 is 0.632 bits per heavy atom. The average molecular weight is 264 g/mol. The van der Waals surface area contributed by atoms with Gasteiger partial charge in [-0.2, -0.15) is 0 Å². The minimum atomic E-state index is 0.926. The monoisotopic (exact) mass is 264 g/mol. The molecule has 0 nitrogen and oxygen atoms in total. The Balaban J connectivity index is 3.21. The maximum atomic E-state index is 3.28. The minimum absolute atomic E-state index is 0.926. The van der Waals surface area contributed by atoms with E-state index in [-0.39, 0.29) is 0 Å². The SMILES string of the molecule is CCCC#CCCCCC(C)CCCCCCCC. The molecule has 0 saturated carbocycles. The molecule has 0 radical (unpaired) electrons. The molecular weight excluding hydrogens is 228 g/mol. The van der Waals surface area contributed by atoms with Gasteiger partial charge in [0.25, 0.3) is 0 Å². The number of unbranched alkanes of at least 4 members (excludes halogenated alkanes) is 8. The first-order valence-corrected chi connectivity index (χ1v) is 8.77. The van der Waals surface area contributed by atoms with Crippen molar-refractivity contribution in [1.29, 1.82) is 0 Å². The van der Waals surface area contributed by atoms with Crippen LogP contribution in [0.5, 0.6) is 0 Å². The van der Waals surface area contributed by atoms with Crippen molar-refractivity contribution in [2.24, 2.45) is 5.92 Å². The summed E-state index contributed by atoms with van der Waals surface area (Å²) in [4.78, 5) is 0. The highest BCUT2D eigenvalue weighted by atomic mass is 14.1. The van der Waals surface area contributed by atoms with Crippen molar-refractivity contribution < 1.29 is 0 Å². The first kappa shape index (κ1) is 18.6. The van der Waals surface area contributed by atoms with Crippen LogP contribution in [0.15, 0.2) is 0 Å². The third kappa shape index (κ3) is 15.5. The number of rotatable bonds is 12. The molecular formula is C19H36. The zero-order valence-electron chi connectivity index (χ0n) is 13.8. The van der Waals surface area contributed by atoms with Crippen LogP contribution in [-0.2, 0) is 0 Å². The lowest BCUT2D eigenvalue weighted by Gasteiger charge is -2.10. The van der Waals surface area contributed by atoms with Gasteiger partial charge >= 0.3 is 0 Å². The molecule has 19 heavy (non-hydrogen) atoms. The largest absolute Gasteiger partial charge is 0.103 e. The molecule has 0 aliphatic carbocycles. The summed E-state index contributed by atoms with van der Waals surface area (Å²) in [5, 5.41) is 0. The predicted octanol–water partition coefficient (Wildman–Crippen LogP) is 6.74. The van der Waals surface area contributed by atoms with E-state index in [2.05, 4.69) is 32.6 Å². The van der Waals surface area contributed by atoms with Gasteiger partial charge in [-0.25, -0.2) is 0 Å².